The Labute approximate surface area is 68.7 Å². The monoisotopic (exact) mass is 168 g/mol. The van der Waals surface area contributed by atoms with Crippen LogP contribution in [0.3, 0.4) is 0 Å². The van der Waals surface area contributed by atoms with Crippen LogP contribution in [0.4, 0.5) is 8.78 Å². The first kappa shape index (κ1) is 8.69. The van der Waals surface area contributed by atoms with E-state index in [2.05, 4.69) is 5.92 Å². The molecule has 0 aliphatic carbocycles. The molecule has 0 aromatic heterocycles. The molecule has 0 saturated carbocycles. The van der Waals surface area contributed by atoms with Crippen molar-refractivity contribution < 1.29 is 13.9 Å². The molecule has 0 heterocycles. The molecular weight excluding hydrogens is 162 g/mol. The summed E-state index contributed by atoms with van der Waals surface area (Å²) in [5.74, 6) is 0.469. The second kappa shape index (κ2) is 3.33. The average Bonchev–Trinajstić information content (AvgIpc) is 2.03. The summed E-state index contributed by atoms with van der Waals surface area (Å²) in [6, 6.07) is 2.02. The third-order valence-electron chi connectivity index (χ3n) is 1.47. The van der Waals surface area contributed by atoms with Gasteiger partial charge in [-0.2, -0.15) is 0 Å². The van der Waals surface area contributed by atoms with Crippen LogP contribution in [0, 0.1) is 24.0 Å². The number of aliphatic hydroxyl groups is 1. The van der Waals surface area contributed by atoms with Crippen LogP contribution in [-0.4, -0.2) is 5.11 Å². The maximum atomic E-state index is 12.8. The van der Waals surface area contributed by atoms with E-state index in [-0.39, 0.29) is 11.1 Å². The lowest BCUT2D eigenvalue weighted by atomic mass is 10.1. The van der Waals surface area contributed by atoms with Crippen molar-refractivity contribution in [3.05, 3.63) is 34.9 Å². The van der Waals surface area contributed by atoms with Crippen LogP contribution in [0.1, 0.15) is 11.1 Å². The summed E-state index contributed by atoms with van der Waals surface area (Å²) in [5.41, 5.74) is -0.226. The van der Waals surface area contributed by atoms with E-state index >= 15 is 0 Å². The van der Waals surface area contributed by atoms with Crippen LogP contribution < -0.4 is 0 Å². The largest absolute Gasteiger partial charge is 0.391 e. The van der Waals surface area contributed by atoms with E-state index in [9.17, 15) is 8.78 Å². The van der Waals surface area contributed by atoms with E-state index in [1.54, 1.807) is 0 Å². The second-order valence-electron chi connectivity index (χ2n) is 2.22. The van der Waals surface area contributed by atoms with E-state index in [4.69, 9.17) is 11.5 Å². The third-order valence-corrected chi connectivity index (χ3v) is 1.47. The van der Waals surface area contributed by atoms with Gasteiger partial charge in [-0.3, -0.25) is 0 Å². The second-order valence-corrected chi connectivity index (χ2v) is 2.22. The molecule has 1 N–H and O–H groups in total. The summed E-state index contributed by atoms with van der Waals surface area (Å²) in [6.07, 6.45) is 4.93. The fraction of sp³-hybridized carbons (Fsp3) is 0.111. The van der Waals surface area contributed by atoms with Crippen molar-refractivity contribution in [2.45, 2.75) is 6.61 Å². The van der Waals surface area contributed by atoms with Crippen LogP contribution >= 0.6 is 0 Å². The lowest BCUT2D eigenvalue weighted by molar-refractivity contribution is 0.269. The van der Waals surface area contributed by atoms with Crippen LogP contribution in [0.5, 0.6) is 0 Å². The number of benzene rings is 1. The molecule has 0 saturated heterocycles. The molecule has 1 nitrogen and oxygen atoms in total. The Kier molecular flexibility index (Phi) is 2.41. The fourth-order valence-electron chi connectivity index (χ4n) is 0.837. The van der Waals surface area contributed by atoms with Gasteiger partial charge in [0.15, 0.2) is 0 Å². The predicted octanol–water partition coefficient (Wildman–Crippen LogP) is 1.44. The minimum Gasteiger partial charge on any atom is -0.391 e. The molecule has 12 heavy (non-hydrogen) atoms. The van der Waals surface area contributed by atoms with E-state index in [1.165, 1.54) is 0 Å². The van der Waals surface area contributed by atoms with Gasteiger partial charge in [-0.15, -0.1) is 6.42 Å². The number of halogens is 2. The van der Waals surface area contributed by atoms with Crippen molar-refractivity contribution in [3.63, 3.8) is 0 Å². The maximum absolute atomic E-state index is 12.8. The molecule has 0 atom stereocenters. The van der Waals surface area contributed by atoms with Gasteiger partial charge in [0, 0.05) is 11.1 Å². The van der Waals surface area contributed by atoms with Crippen molar-refractivity contribution in [1.82, 2.24) is 0 Å². The summed E-state index contributed by atoms with van der Waals surface area (Å²) in [4.78, 5) is 0. The molecule has 0 aliphatic rings. The lowest BCUT2D eigenvalue weighted by Gasteiger charge is -2.01. The van der Waals surface area contributed by atoms with E-state index in [1.807, 2.05) is 0 Å². The highest BCUT2D eigenvalue weighted by atomic mass is 19.1. The van der Waals surface area contributed by atoms with E-state index < -0.39 is 18.2 Å². The molecule has 0 amide bonds. The quantitative estimate of drug-likeness (QED) is 0.629. The first-order chi connectivity index (χ1) is 5.69. The number of terminal acetylenes is 1. The molecule has 3 heteroatoms. The van der Waals surface area contributed by atoms with E-state index in [0.29, 0.717) is 0 Å². The Hall–Kier alpha value is -1.40. The van der Waals surface area contributed by atoms with Gasteiger partial charge in [0.2, 0.25) is 0 Å². The van der Waals surface area contributed by atoms with E-state index in [0.717, 1.165) is 12.1 Å². The number of aliphatic hydroxyl groups excluding tert-OH is 1. The van der Waals surface area contributed by atoms with Crippen molar-refractivity contribution >= 4 is 0 Å². The highest BCUT2D eigenvalue weighted by Gasteiger charge is 2.08. The lowest BCUT2D eigenvalue weighted by Crippen LogP contribution is -1.96. The number of hydrogen-bond donors (Lipinski definition) is 1. The van der Waals surface area contributed by atoms with Gasteiger partial charge in [0.1, 0.15) is 11.6 Å². The minimum atomic E-state index is -0.814. The first-order valence-corrected chi connectivity index (χ1v) is 3.24. The van der Waals surface area contributed by atoms with Gasteiger partial charge in [0.05, 0.1) is 6.61 Å². The zero-order valence-corrected chi connectivity index (χ0v) is 6.14. The van der Waals surface area contributed by atoms with Crippen LogP contribution in [0.15, 0.2) is 12.1 Å². The Balaban J connectivity index is 3.30. The molecule has 1 aromatic carbocycles. The zero-order chi connectivity index (χ0) is 9.14. The average molecular weight is 168 g/mol. The van der Waals surface area contributed by atoms with Gasteiger partial charge in [-0.05, 0) is 12.1 Å². The SMILES string of the molecule is C#Cc1cc(F)c(CO)c(F)c1. The summed E-state index contributed by atoms with van der Waals surface area (Å²) >= 11 is 0. The molecule has 1 rings (SSSR count). The summed E-state index contributed by atoms with van der Waals surface area (Å²) in [7, 11) is 0. The van der Waals surface area contributed by atoms with Crippen molar-refractivity contribution in [1.29, 1.82) is 0 Å². The Bertz CT molecular complexity index is 316. The standard InChI is InChI=1S/C9H6F2O/c1-2-6-3-8(10)7(5-12)9(11)4-6/h1,3-4,12H,5H2. The number of hydrogen-bond acceptors (Lipinski definition) is 1. The Morgan fingerprint density at radius 2 is 1.83 bits per heavy atom. The van der Waals surface area contributed by atoms with Gasteiger partial charge < -0.3 is 5.11 Å². The predicted molar refractivity (Wildman–Crippen MR) is 40.2 cm³/mol. The Morgan fingerprint density at radius 3 is 2.17 bits per heavy atom. The van der Waals surface area contributed by atoms with Gasteiger partial charge in [-0.25, -0.2) is 8.78 Å². The maximum Gasteiger partial charge on any atom is 0.132 e. The highest BCUT2D eigenvalue weighted by molar-refractivity contribution is 5.36. The molecule has 0 fully saturated rings. The fourth-order valence-corrected chi connectivity index (χ4v) is 0.837. The highest BCUT2D eigenvalue weighted by Crippen LogP contribution is 2.14. The smallest absolute Gasteiger partial charge is 0.132 e. The zero-order valence-electron chi connectivity index (χ0n) is 6.14. The molecule has 0 unspecified atom stereocenters. The van der Waals surface area contributed by atoms with Crippen molar-refractivity contribution in [3.8, 4) is 12.3 Å². The minimum absolute atomic E-state index is 0.127. The first-order valence-electron chi connectivity index (χ1n) is 3.24. The van der Waals surface area contributed by atoms with Crippen molar-refractivity contribution in [2.24, 2.45) is 0 Å². The third kappa shape index (κ3) is 1.44. The molecule has 0 spiro atoms. The molecule has 1 aromatic rings. The normalized spacial score (nSPS) is 9.50. The van der Waals surface area contributed by atoms with Crippen molar-refractivity contribution in [2.75, 3.05) is 0 Å². The van der Waals surface area contributed by atoms with Gasteiger partial charge >= 0.3 is 0 Å². The van der Waals surface area contributed by atoms with Crippen LogP contribution in [0.25, 0.3) is 0 Å². The molecule has 62 valence electrons. The van der Waals surface area contributed by atoms with Gasteiger partial charge in [-0.1, -0.05) is 5.92 Å². The summed E-state index contributed by atoms with van der Waals surface area (Å²) < 4.78 is 25.6. The summed E-state index contributed by atoms with van der Waals surface area (Å²) in [6.45, 7) is -0.664. The molecule has 0 bridgehead atoms. The van der Waals surface area contributed by atoms with Gasteiger partial charge in [0.25, 0.3) is 0 Å². The molecule has 0 radical (unpaired) electrons. The summed E-state index contributed by atoms with van der Waals surface area (Å²) in [5, 5.41) is 8.53. The van der Waals surface area contributed by atoms with Crippen LogP contribution in [0.2, 0.25) is 0 Å². The Morgan fingerprint density at radius 1 is 1.33 bits per heavy atom. The number of rotatable bonds is 1. The molecular formula is C9H6F2O. The molecule has 0 aliphatic heterocycles. The topological polar surface area (TPSA) is 20.2 Å². The van der Waals surface area contributed by atoms with Crippen LogP contribution in [-0.2, 0) is 6.61 Å².